The van der Waals surface area contributed by atoms with Crippen LogP contribution in [0, 0.1) is 0 Å². The Morgan fingerprint density at radius 2 is 1.88 bits per heavy atom. The van der Waals surface area contributed by atoms with Crippen molar-refractivity contribution in [3.8, 4) is 0 Å². The second-order valence-electron chi connectivity index (χ2n) is 5.68. The molecule has 0 spiro atoms. The van der Waals surface area contributed by atoms with Gasteiger partial charge in [-0.15, -0.1) is 0 Å². The first-order chi connectivity index (χ1) is 11.4. The van der Waals surface area contributed by atoms with Gasteiger partial charge in [0.05, 0.1) is 27.0 Å². The summed E-state index contributed by atoms with van der Waals surface area (Å²) in [6.07, 6.45) is 1.17. The Bertz CT molecular complexity index is 711. The standard InChI is InChI=1S/C16H24N2O4S2/c1-3-23(20)15-8-6-5-7-14(15)16(19)17-13-9-11-18(12-10-13)24(21,22)4-2/h5-8,13H,3-4,9-12H2,1-2H3,(H,17,19)/t23-/m1/s1. The minimum absolute atomic E-state index is 0.0658. The molecule has 24 heavy (non-hydrogen) atoms. The van der Waals surface area contributed by atoms with E-state index in [4.69, 9.17) is 0 Å². The number of hydrogen-bond acceptors (Lipinski definition) is 4. The molecule has 1 atom stereocenters. The summed E-state index contributed by atoms with van der Waals surface area (Å²) in [5.41, 5.74) is 0.432. The Balaban J connectivity index is 2.01. The first-order valence-electron chi connectivity index (χ1n) is 8.15. The van der Waals surface area contributed by atoms with E-state index in [1.165, 1.54) is 4.31 Å². The van der Waals surface area contributed by atoms with Crippen LogP contribution < -0.4 is 5.32 Å². The van der Waals surface area contributed by atoms with E-state index < -0.39 is 20.8 Å². The average Bonchev–Trinajstić information content (AvgIpc) is 2.61. The van der Waals surface area contributed by atoms with Crippen molar-refractivity contribution >= 4 is 26.7 Å². The number of rotatable bonds is 6. The van der Waals surface area contributed by atoms with E-state index in [-0.39, 0.29) is 17.7 Å². The van der Waals surface area contributed by atoms with Crippen LogP contribution in [-0.4, -0.2) is 53.5 Å². The highest BCUT2D eigenvalue weighted by atomic mass is 32.2. The summed E-state index contributed by atoms with van der Waals surface area (Å²) >= 11 is 0. The molecular formula is C16H24N2O4S2. The Morgan fingerprint density at radius 1 is 1.25 bits per heavy atom. The smallest absolute Gasteiger partial charge is 0.252 e. The fourth-order valence-corrected chi connectivity index (χ4v) is 4.81. The Kier molecular flexibility index (Phi) is 6.54. The Labute approximate surface area is 146 Å². The maximum atomic E-state index is 12.5. The monoisotopic (exact) mass is 372 g/mol. The van der Waals surface area contributed by atoms with Crippen LogP contribution in [0.4, 0.5) is 0 Å². The molecule has 0 aliphatic carbocycles. The molecular weight excluding hydrogens is 348 g/mol. The number of piperidine rings is 1. The quantitative estimate of drug-likeness (QED) is 0.817. The number of nitrogens with one attached hydrogen (secondary N) is 1. The van der Waals surface area contributed by atoms with Gasteiger partial charge in [-0.05, 0) is 31.9 Å². The summed E-state index contributed by atoms with van der Waals surface area (Å²) in [4.78, 5) is 13.1. The molecule has 8 heteroatoms. The second kappa shape index (κ2) is 8.22. The molecule has 1 saturated heterocycles. The number of carbonyl (C=O) groups excluding carboxylic acids is 1. The SMILES string of the molecule is CC[S@@](=O)c1ccccc1C(=O)NC1CCN(S(=O)(=O)CC)CC1. The molecule has 1 fully saturated rings. The molecule has 2 rings (SSSR count). The number of benzene rings is 1. The molecule has 1 heterocycles. The van der Waals surface area contributed by atoms with Gasteiger partial charge in [0.1, 0.15) is 0 Å². The minimum atomic E-state index is -3.17. The van der Waals surface area contributed by atoms with E-state index in [0.29, 0.717) is 42.1 Å². The van der Waals surface area contributed by atoms with Crippen molar-refractivity contribution in [1.29, 1.82) is 0 Å². The summed E-state index contributed by atoms with van der Waals surface area (Å²) in [6.45, 7) is 4.29. The van der Waals surface area contributed by atoms with E-state index in [2.05, 4.69) is 5.32 Å². The minimum Gasteiger partial charge on any atom is -0.349 e. The van der Waals surface area contributed by atoms with Crippen LogP contribution in [0.3, 0.4) is 0 Å². The van der Waals surface area contributed by atoms with Gasteiger partial charge in [0.2, 0.25) is 10.0 Å². The maximum absolute atomic E-state index is 12.5. The van der Waals surface area contributed by atoms with E-state index in [9.17, 15) is 17.4 Å². The van der Waals surface area contributed by atoms with Gasteiger partial charge in [-0.3, -0.25) is 9.00 Å². The predicted molar refractivity (Wildman–Crippen MR) is 94.9 cm³/mol. The van der Waals surface area contributed by atoms with E-state index in [1.807, 2.05) is 6.92 Å². The van der Waals surface area contributed by atoms with Gasteiger partial charge in [-0.25, -0.2) is 12.7 Å². The summed E-state index contributed by atoms with van der Waals surface area (Å²) in [6, 6.07) is 6.85. The molecule has 0 saturated carbocycles. The molecule has 1 aliphatic rings. The lowest BCUT2D eigenvalue weighted by Crippen LogP contribution is -2.47. The molecule has 6 nitrogen and oxygen atoms in total. The Morgan fingerprint density at radius 3 is 2.46 bits per heavy atom. The fourth-order valence-electron chi connectivity index (χ4n) is 2.73. The van der Waals surface area contributed by atoms with Crippen molar-refractivity contribution in [3.63, 3.8) is 0 Å². The molecule has 0 bridgehead atoms. The number of carbonyl (C=O) groups is 1. The lowest BCUT2D eigenvalue weighted by atomic mass is 10.1. The third-order valence-electron chi connectivity index (χ3n) is 4.19. The zero-order valence-electron chi connectivity index (χ0n) is 14.0. The topological polar surface area (TPSA) is 83.6 Å². The van der Waals surface area contributed by atoms with Crippen LogP contribution in [-0.2, 0) is 20.8 Å². The normalized spacial score (nSPS) is 18.2. The molecule has 1 amide bonds. The number of nitrogens with zero attached hydrogens (tertiary/aromatic N) is 1. The van der Waals surface area contributed by atoms with Gasteiger partial charge in [0.25, 0.3) is 5.91 Å². The molecule has 1 N–H and O–H groups in total. The zero-order chi connectivity index (χ0) is 17.7. The first-order valence-corrected chi connectivity index (χ1v) is 11.1. The summed E-state index contributed by atoms with van der Waals surface area (Å²) < 4.78 is 37.3. The zero-order valence-corrected chi connectivity index (χ0v) is 15.7. The van der Waals surface area contributed by atoms with Crippen molar-refractivity contribution < 1.29 is 17.4 Å². The Hall–Kier alpha value is -1.25. The van der Waals surface area contributed by atoms with Crippen molar-refractivity contribution in [2.24, 2.45) is 0 Å². The van der Waals surface area contributed by atoms with Crippen molar-refractivity contribution in [1.82, 2.24) is 9.62 Å². The van der Waals surface area contributed by atoms with Crippen LogP contribution >= 0.6 is 0 Å². The molecule has 1 aromatic rings. The largest absolute Gasteiger partial charge is 0.349 e. The van der Waals surface area contributed by atoms with E-state index in [0.717, 1.165) is 0 Å². The molecule has 1 aromatic carbocycles. The highest BCUT2D eigenvalue weighted by Crippen LogP contribution is 2.17. The highest BCUT2D eigenvalue weighted by molar-refractivity contribution is 7.89. The van der Waals surface area contributed by atoms with Crippen LogP contribution in [0.5, 0.6) is 0 Å². The van der Waals surface area contributed by atoms with Gasteiger partial charge >= 0.3 is 0 Å². The number of amides is 1. The molecule has 1 aliphatic heterocycles. The van der Waals surface area contributed by atoms with E-state index in [1.54, 1.807) is 31.2 Å². The summed E-state index contributed by atoms with van der Waals surface area (Å²) in [7, 11) is -4.36. The van der Waals surface area contributed by atoms with Gasteiger partial charge in [0, 0.05) is 24.9 Å². The molecule has 0 radical (unpaired) electrons. The van der Waals surface area contributed by atoms with Crippen LogP contribution in [0.25, 0.3) is 0 Å². The lowest BCUT2D eigenvalue weighted by molar-refractivity contribution is 0.0920. The molecule has 0 aromatic heterocycles. The van der Waals surface area contributed by atoms with Crippen LogP contribution in [0.2, 0.25) is 0 Å². The predicted octanol–water partition coefficient (Wildman–Crippen LogP) is 1.36. The summed E-state index contributed by atoms with van der Waals surface area (Å²) in [5.74, 6) is 0.307. The second-order valence-corrected chi connectivity index (χ2v) is 9.64. The van der Waals surface area contributed by atoms with Gasteiger partial charge in [-0.1, -0.05) is 19.1 Å². The van der Waals surface area contributed by atoms with Gasteiger partial charge in [0.15, 0.2) is 0 Å². The highest BCUT2D eigenvalue weighted by Gasteiger charge is 2.28. The summed E-state index contributed by atoms with van der Waals surface area (Å²) in [5, 5.41) is 2.95. The van der Waals surface area contributed by atoms with Crippen LogP contribution in [0.1, 0.15) is 37.0 Å². The van der Waals surface area contributed by atoms with Crippen molar-refractivity contribution in [2.75, 3.05) is 24.6 Å². The third kappa shape index (κ3) is 4.43. The average molecular weight is 373 g/mol. The maximum Gasteiger partial charge on any atom is 0.252 e. The third-order valence-corrected chi connectivity index (χ3v) is 7.44. The van der Waals surface area contributed by atoms with Gasteiger partial charge in [-0.2, -0.15) is 0 Å². The van der Waals surface area contributed by atoms with E-state index >= 15 is 0 Å². The lowest BCUT2D eigenvalue weighted by Gasteiger charge is -2.31. The first kappa shape index (κ1) is 19.1. The molecule has 0 unspecified atom stereocenters. The van der Waals surface area contributed by atoms with Crippen molar-refractivity contribution in [2.45, 2.75) is 37.6 Å². The van der Waals surface area contributed by atoms with Crippen molar-refractivity contribution in [3.05, 3.63) is 29.8 Å². The number of sulfonamides is 1. The number of hydrogen-bond donors (Lipinski definition) is 1. The van der Waals surface area contributed by atoms with Gasteiger partial charge < -0.3 is 5.32 Å². The fraction of sp³-hybridized carbons (Fsp3) is 0.562. The van der Waals surface area contributed by atoms with Crippen LogP contribution in [0.15, 0.2) is 29.2 Å². The molecule has 134 valence electrons.